The molecule has 6 nitrogen and oxygen atoms in total. The van der Waals surface area contributed by atoms with Crippen LogP contribution in [0.15, 0.2) is 23.1 Å². The molecule has 9 heteroatoms. The van der Waals surface area contributed by atoms with Crippen LogP contribution in [-0.2, 0) is 26.5 Å². The van der Waals surface area contributed by atoms with Crippen LogP contribution in [0, 0.1) is 0 Å². The Morgan fingerprint density at radius 3 is 2.65 bits per heavy atom. The third-order valence-corrected chi connectivity index (χ3v) is 6.71. The van der Waals surface area contributed by atoms with Crippen molar-refractivity contribution in [3.8, 4) is 0 Å². The summed E-state index contributed by atoms with van der Waals surface area (Å²) in [5, 5.41) is 9.36. The average Bonchev–Trinajstić information content (AvgIpc) is 2.68. The van der Waals surface area contributed by atoms with Gasteiger partial charge in [-0.05, 0) is 30.2 Å². The summed E-state index contributed by atoms with van der Waals surface area (Å²) in [6.07, 6.45) is 0.266. The smallest absolute Gasteiger partial charge is 0.240 e. The van der Waals surface area contributed by atoms with Crippen molar-refractivity contribution in [1.82, 2.24) is 4.72 Å². The lowest BCUT2D eigenvalue weighted by atomic mass is 10.2. The largest absolute Gasteiger partial charge is 0.392 e. The van der Waals surface area contributed by atoms with E-state index in [9.17, 15) is 16.8 Å². The molecule has 1 atom stereocenters. The highest BCUT2D eigenvalue weighted by Gasteiger charge is 2.31. The second-order valence-electron chi connectivity index (χ2n) is 4.63. The Labute approximate surface area is 122 Å². The van der Waals surface area contributed by atoms with Crippen LogP contribution in [0.2, 0.25) is 5.02 Å². The molecule has 0 spiro atoms. The molecule has 1 unspecified atom stereocenters. The molecule has 1 fully saturated rings. The second kappa shape index (κ2) is 5.61. The Morgan fingerprint density at radius 1 is 1.40 bits per heavy atom. The highest BCUT2D eigenvalue weighted by molar-refractivity contribution is 7.92. The van der Waals surface area contributed by atoms with Crippen molar-refractivity contribution in [3.63, 3.8) is 0 Å². The van der Waals surface area contributed by atoms with Gasteiger partial charge in [-0.1, -0.05) is 11.6 Å². The third-order valence-electron chi connectivity index (χ3n) is 3.05. The molecular formula is C11H14ClNO5S2. The number of aliphatic hydroxyl groups excluding tert-OH is 1. The predicted molar refractivity (Wildman–Crippen MR) is 74.8 cm³/mol. The molecule has 2 rings (SSSR count). The van der Waals surface area contributed by atoms with Gasteiger partial charge in [0.05, 0.1) is 23.0 Å². The van der Waals surface area contributed by atoms with Gasteiger partial charge in [-0.2, -0.15) is 0 Å². The fraction of sp³-hybridized carbons (Fsp3) is 0.455. The van der Waals surface area contributed by atoms with E-state index in [1.54, 1.807) is 0 Å². The number of hydrogen-bond donors (Lipinski definition) is 2. The van der Waals surface area contributed by atoms with E-state index < -0.39 is 25.9 Å². The fourth-order valence-corrected chi connectivity index (χ4v) is 5.29. The summed E-state index contributed by atoms with van der Waals surface area (Å²) in [5.74, 6) is -0.199. The van der Waals surface area contributed by atoms with Gasteiger partial charge >= 0.3 is 0 Å². The molecule has 112 valence electrons. The maximum absolute atomic E-state index is 12.1. The zero-order valence-electron chi connectivity index (χ0n) is 10.4. The number of hydrogen-bond acceptors (Lipinski definition) is 5. The first kappa shape index (κ1) is 15.7. The summed E-state index contributed by atoms with van der Waals surface area (Å²) in [7, 11) is -6.99. The van der Waals surface area contributed by atoms with Crippen LogP contribution in [0.5, 0.6) is 0 Å². The SMILES string of the molecule is O=S1(=O)CCC(NS(=O)(=O)c2ccc(Cl)c(CO)c2)C1. The van der Waals surface area contributed by atoms with Crippen LogP contribution in [0.1, 0.15) is 12.0 Å². The van der Waals surface area contributed by atoms with E-state index in [0.29, 0.717) is 5.56 Å². The van der Waals surface area contributed by atoms with Gasteiger partial charge < -0.3 is 5.11 Å². The van der Waals surface area contributed by atoms with Crippen LogP contribution in [0.4, 0.5) is 0 Å². The predicted octanol–water partition coefficient (Wildman–Crippen LogP) is 0.298. The van der Waals surface area contributed by atoms with Crippen molar-refractivity contribution in [2.75, 3.05) is 11.5 Å². The quantitative estimate of drug-likeness (QED) is 0.821. The fourth-order valence-electron chi connectivity index (χ4n) is 2.01. The minimum absolute atomic E-state index is 0.0112. The minimum Gasteiger partial charge on any atom is -0.392 e. The molecule has 1 aliphatic heterocycles. The first-order valence-corrected chi connectivity index (χ1v) is 9.54. The molecule has 0 bridgehead atoms. The third kappa shape index (κ3) is 3.50. The average molecular weight is 340 g/mol. The molecule has 1 heterocycles. The highest BCUT2D eigenvalue weighted by atomic mass is 35.5. The van der Waals surface area contributed by atoms with Crippen LogP contribution >= 0.6 is 11.6 Å². The van der Waals surface area contributed by atoms with Crippen molar-refractivity contribution in [3.05, 3.63) is 28.8 Å². The Kier molecular flexibility index (Phi) is 4.41. The molecule has 1 aliphatic rings. The zero-order valence-corrected chi connectivity index (χ0v) is 12.8. The minimum atomic E-state index is -3.83. The van der Waals surface area contributed by atoms with Crippen molar-refractivity contribution in [2.24, 2.45) is 0 Å². The van der Waals surface area contributed by atoms with E-state index in [0.717, 1.165) is 0 Å². The molecular weight excluding hydrogens is 326 g/mol. The maximum atomic E-state index is 12.1. The van der Waals surface area contributed by atoms with E-state index in [1.807, 2.05) is 0 Å². The number of benzene rings is 1. The van der Waals surface area contributed by atoms with Gasteiger partial charge in [0.25, 0.3) is 0 Å². The van der Waals surface area contributed by atoms with Gasteiger partial charge in [0.15, 0.2) is 9.84 Å². The van der Waals surface area contributed by atoms with Crippen molar-refractivity contribution >= 4 is 31.5 Å². The first-order valence-electron chi connectivity index (χ1n) is 5.85. The normalized spacial score (nSPS) is 22.0. The van der Waals surface area contributed by atoms with E-state index in [4.69, 9.17) is 16.7 Å². The Balaban J connectivity index is 2.23. The Bertz CT molecular complexity index is 714. The monoisotopic (exact) mass is 339 g/mol. The Hall–Kier alpha value is -0.670. The molecule has 0 amide bonds. The number of nitrogens with one attached hydrogen (secondary N) is 1. The van der Waals surface area contributed by atoms with Crippen molar-refractivity contribution in [2.45, 2.75) is 24.0 Å². The molecule has 1 aromatic carbocycles. The molecule has 1 saturated heterocycles. The standard InChI is InChI=1S/C11H14ClNO5S2/c12-11-2-1-10(5-8(11)6-14)20(17,18)13-9-3-4-19(15,16)7-9/h1-2,5,9,13-14H,3-4,6-7H2. The van der Waals surface area contributed by atoms with E-state index in [1.165, 1.54) is 18.2 Å². The number of aliphatic hydroxyl groups is 1. The van der Waals surface area contributed by atoms with Crippen LogP contribution in [-0.4, -0.2) is 39.5 Å². The Morgan fingerprint density at radius 2 is 2.10 bits per heavy atom. The van der Waals surface area contributed by atoms with Gasteiger partial charge in [-0.25, -0.2) is 21.6 Å². The van der Waals surface area contributed by atoms with E-state index >= 15 is 0 Å². The molecule has 20 heavy (non-hydrogen) atoms. The lowest BCUT2D eigenvalue weighted by Gasteiger charge is -2.12. The van der Waals surface area contributed by atoms with Gasteiger partial charge in [-0.15, -0.1) is 0 Å². The summed E-state index contributed by atoms with van der Waals surface area (Å²) >= 11 is 5.80. The van der Waals surface area contributed by atoms with E-state index in [-0.39, 0.29) is 34.5 Å². The van der Waals surface area contributed by atoms with Crippen molar-refractivity contribution < 1.29 is 21.9 Å². The summed E-state index contributed by atoms with van der Waals surface area (Å²) in [5.41, 5.74) is 0.300. The second-order valence-corrected chi connectivity index (χ2v) is 8.98. The van der Waals surface area contributed by atoms with Gasteiger partial charge in [0, 0.05) is 11.1 Å². The van der Waals surface area contributed by atoms with Gasteiger partial charge in [-0.3, -0.25) is 0 Å². The lowest BCUT2D eigenvalue weighted by Crippen LogP contribution is -2.35. The zero-order chi connectivity index (χ0) is 15.0. The van der Waals surface area contributed by atoms with Crippen LogP contribution in [0.25, 0.3) is 0 Å². The van der Waals surface area contributed by atoms with Gasteiger partial charge in [0.2, 0.25) is 10.0 Å². The summed E-state index contributed by atoms with van der Waals surface area (Å²) in [6, 6.07) is 3.35. The first-order chi connectivity index (χ1) is 9.23. The lowest BCUT2D eigenvalue weighted by molar-refractivity contribution is 0.281. The van der Waals surface area contributed by atoms with Crippen LogP contribution in [0.3, 0.4) is 0 Å². The molecule has 0 saturated carbocycles. The number of rotatable bonds is 4. The number of sulfonamides is 1. The van der Waals surface area contributed by atoms with Crippen LogP contribution < -0.4 is 4.72 Å². The van der Waals surface area contributed by atoms with Gasteiger partial charge in [0.1, 0.15) is 0 Å². The maximum Gasteiger partial charge on any atom is 0.240 e. The molecule has 0 radical (unpaired) electrons. The highest BCUT2D eigenvalue weighted by Crippen LogP contribution is 2.21. The molecule has 0 aromatic heterocycles. The summed E-state index contributed by atoms with van der Waals surface area (Å²) in [6.45, 7) is -0.375. The molecule has 0 aliphatic carbocycles. The number of sulfone groups is 1. The number of halogens is 1. The summed E-state index contributed by atoms with van der Waals surface area (Å²) in [4.78, 5) is -0.0461. The topological polar surface area (TPSA) is 101 Å². The molecule has 1 aromatic rings. The summed E-state index contributed by atoms with van der Waals surface area (Å²) < 4.78 is 49.3. The van der Waals surface area contributed by atoms with Crippen molar-refractivity contribution in [1.29, 1.82) is 0 Å². The molecule has 2 N–H and O–H groups in total. The van der Waals surface area contributed by atoms with E-state index in [2.05, 4.69) is 4.72 Å².